The number of carbonyl (C=O) groups is 1. The van der Waals surface area contributed by atoms with Crippen molar-refractivity contribution < 1.29 is 14.3 Å². The van der Waals surface area contributed by atoms with Gasteiger partial charge in [-0.15, -0.1) is 0 Å². The fourth-order valence-corrected chi connectivity index (χ4v) is 1.58. The van der Waals surface area contributed by atoms with Crippen LogP contribution in [0.4, 0.5) is 0 Å². The number of hydrogen-bond acceptors (Lipinski definition) is 4. The first-order valence-corrected chi connectivity index (χ1v) is 6.97. The average Bonchev–Trinajstić information content (AvgIpc) is 2.32. The quantitative estimate of drug-likeness (QED) is 0.566. The van der Waals surface area contributed by atoms with Crippen molar-refractivity contribution in [3.8, 4) is 0 Å². The van der Waals surface area contributed by atoms with E-state index in [2.05, 4.69) is 0 Å². The van der Waals surface area contributed by atoms with Crippen LogP contribution in [0.5, 0.6) is 0 Å². The molecule has 0 saturated heterocycles. The summed E-state index contributed by atoms with van der Waals surface area (Å²) in [6.45, 7) is 0.701. The summed E-state index contributed by atoms with van der Waals surface area (Å²) in [4.78, 5) is 11.2. The Labute approximate surface area is 110 Å². The molecule has 94 valence electrons. The van der Waals surface area contributed by atoms with Gasteiger partial charge >= 0.3 is 5.97 Å². The zero-order chi connectivity index (χ0) is 12.5. The Morgan fingerprint density at radius 1 is 1.41 bits per heavy atom. The lowest BCUT2D eigenvalue weighted by molar-refractivity contribution is -0.148. The van der Waals surface area contributed by atoms with Crippen LogP contribution in [0.2, 0.25) is 5.02 Å². The molecule has 17 heavy (non-hydrogen) atoms. The van der Waals surface area contributed by atoms with E-state index in [-0.39, 0.29) is 12.6 Å². The zero-order valence-corrected chi connectivity index (χ0v) is 11.2. The Kier molecular flexibility index (Phi) is 7.08. The average molecular weight is 275 g/mol. The molecule has 0 aromatic heterocycles. The van der Waals surface area contributed by atoms with Crippen LogP contribution in [0.3, 0.4) is 0 Å². The highest BCUT2D eigenvalue weighted by Gasteiger charge is 2.04. The maximum absolute atomic E-state index is 11.2. The molecule has 3 nitrogen and oxygen atoms in total. The fourth-order valence-electron chi connectivity index (χ4n) is 1.14. The van der Waals surface area contributed by atoms with Crippen molar-refractivity contribution in [2.45, 2.75) is 6.61 Å². The minimum absolute atomic E-state index is 0.0421. The molecular weight excluding hydrogens is 260 g/mol. The van der Waals surface area contributed by atoms with E-state index in [1.807, 2.05) is 24.5 Å². The third kappa shape index (κ3) is 5.96. The fraction of sp³-hybridized carbons (Fsp3) is 0.417. The molecule has 0 fully saturated rings. The van der Waals surface area contributed by atoms with Gasteiger partial charge in [0.2, 0.25) is 0 Å². The predicted octanol–water partition coefficient (Wildman–Crippen LogP) is 2.76. The van der Waals surface area contributed by atoms with E-state index < -0.39 is 0 Å². The number of benzene rings is 1. The van der Waals surface area contributed by atoms with Crippen LogP contribution in [0.25, 0.3) is 0 Å². The third-order valence-corrected chi connectivity index (χ3v) is 2.93. The van der Waals surface area contributed by atoms with Gasteiger partial charge in [0, 0.05) is 10.8 Å². The zero-order valence-electron chi connectivity index (χ0n) is 9.65. The maximum Gasteiger partial charge on any atom is 0.332 e. The summed E-state index contributed by atoms with van der Waals surface area (Å²) in [6, 6.07) is 7.38. The van der Waals surface area contributed by atoms with Gasteiger partial charge in [0.25, 0.3) is 0 Å². The van der Waals surface area contributed by atoms with E-state index in [0.717, 1.165) is 11.3 Å². The van der Waals surface area contributed by atoms with Gasteiger partial charge in [0.05, 0.1) is 6.61 Å². The molecule has 0 spiro atoms. The van der Waals surface area contributed by atoms with E-state index in [1.165, 1.54) is 0 Å². The Morgan fingerprint density at radius 2 is 2.18 bits per heavy atom. The second kappa shape index (κ2) is 8.39. The SMILES string of the molecule is CSCCOC(=O)COCc1ccccc1Cl. The van der Waals surface area contributed by atoms with E-state index in [4.69, 9.17) is 21.1 Å². The van der Waals surface area contributed by atoms with Gasteiger partial charge in [-0.3, -0.25) is 0 Å². The van der Waals surface area contributed by atoms with Gasteiger partial charge in [0.1, 0.15) is 13.2 Å². The molecule has 0 radical (unpaired) electrons. The van der Waals surface area contributed by atoms with Gasteiger partial charge in [-0.05, 0) is 17.9 Å². The van der Waals surface area contributed by atoms with Gasteiger partial charge in [-0.1, -0.05) is 29.8 Å². The second-order valence-electron chi connectivity index (χ2n) is 3.30. The Bertz CT molecular complexity index is 357. The molecule has 1 rings (SSSR count). The third-order valence-electron chi connectivity index (χ3n) is 1.99. The monoisotopic (exact) mass is 274 g/mol. The lowest BCUT2D eigenvalue weighted by atomic mass is 10.2. The van der Waals surface area contributed by atoms with Crippen molar-refractivity contribution in [2.75, 3.05) is 25.2 Å². The summed E-state index contributed by atoms with van der Waals surface area (Å²) in [5.74, 6) is 0.460. The van der Waals surface area contributed by atoms with Crippen LogP contribution in [-0.2, 0) is 20.9 Å². The molecule has 0 aliphatic carbocycles. The molecule has 0 atom stereocenters. The molecule has 0 heterocycles. The van der Waals surface area contributed by atoms with Crippen molar-refractivity contribution in [3.63, 3.8) is 0 Å². The summed E-state index contributed by atoms with van der Waals surface area (Å²) < 4.78 is 10.2. The van der Waals surface area contributed by atoms with Crippen molar-refractivity contribution in [1.29, 1.82) is 0 Å². The largest absolute Gasteiger partial charge is 0.463 e. The molecule has 1 aromatic carbocycles. The molecule has 0 unspecified atom stereocenters. The second-order valence-corrected chi connectivity index (χ2v) is 4.69. The molecule has 0 amide bonds. The molecule has 5 heteroatoms. The summed E-state index contributed by atoms with van der Waals surface area (Å²) in [5, 5.41) is 0.642. The van der Waals surface area contributed by atoms with Crippen LogP contribution < -0.4 is 0 Å². The lowest BCUT2D eigenvalue weighted by Crippen LogP contribution is -2.14. The van der Waals surface area contributed by atoms with Crippen molar-refractivity contribution in [2.24, 2.45) is 0 Å². The normalized spacial score (nSPS) is 10.2. The number of carbonyl (C=O) groups excluding carboxylic acids is 1. The number of rotatable bonds is 7. The predicted molar refractivity (Wildman–Crippen MR) is 70.4 cm³/mol. The number of hydrogen-bond donors (Lipinski definition) is 0. The molecule has 1 aromatic rings. The Hall–Kier alpha value is -0.710. The van der Waals surface area contributed by atoms with Crippen LogP contribution >= 0.6 is 23.4 Å². The molecule has 0 bridgehead atoms. The smallest absolute Gasteiger partial charge is 0.332 e. The lowest BCUT2D eigenvalue weighted by Gasteiger charge is -2.06. The first-order chi connectivity index (χ1) is 8.24. The minimum Gasteiger partial charge on any atom is -0.463 e. The van der Waals surface area contributed by atoms with E-state index >= 15 is 0 Å². The topological polar surface area (TPSA) is 35.5 Å². The summed E-state index contributed by atoms with van der Waals surface area (Å²) in [7, 11) is 0. The molecule has 0 N–H and O–H groups in total. The molecule has 0 aliphatic rings. The van der Waals surface area contributed by atoms with Crippen LogP contribution in [0, 0.1) is 0 Å². The first-order valence-electron chi connectivity index (χ1n) is 5.19. The number of halogens is 1. The minimum atomic E-state index is -0.342. The summed E-state index contributed by atoms with van der Waals surface area (Å²) in [5.41, 5.74) is 0.867. The molecular formula is C12H15ClO3S. The molecule has 0 saturated carbocycles. The highest BCUT2D eigenvalue weighted by molar-refractivity contribution is 7.98. The van der Waals surface area contributed by atoms with E-state index in [1.54, 1.807) is 17.8 Å². The molecule has 0 aliphatic heterocycles. The van der Waals surface area contributed by atoms with E-state index in [0.29, 0.717) is 18.2 Å². The van der Waals surface area contributed by atoms with Gasteiger partial charge in [0.15, 0.2) is 0 Å². The number of ether oxygens (including phenoxy) is 2. The standard InChI is InChI=1S/C12H15ClO3S/c1-17-7-6-16-12(14)9-15-8-10-4-2-3-5-11(10)13/h2-5H,6-9H2,1H3. The Morgan fingerprint density at radius 3 is 2.88 bits per heavy atom. The van der Waals surface area contributed by atoms with E-state index in [9.17, 15) is 4.79 Å². The summed E-state index contributed by atoms with van der Waals surface area (Å²) >= 11 is 7.57. The number of thioether (sulfide) groups is 1. The summed E-state index contributed by atoms with van der Waals surface area (Å²) in [6.07, 6.45) is 1.96. The first kappa shape index (κ1) is 14.4. The van der Waals surface area contributed by atoms with Crippen LogP contribution in [0.1, 0.15) is 5.56 Å². The van der Waals surface area contributed by atoms with Gasteiger partial charge in [-0.2, -0.15) is 11.8 Å². The highest BCUT2D eigenvalue weighted by atomic mass is 35.5. The number of esters is 1. The van der Waals surface area contributed by atoms with Gasteiger partial charge in [-0.25, -0.2) is 4.79 Å². The van der Waals surface area contributed by atoms with Crippen LogP contribution in [-0.4, -0.2) is 31.2 Å². The van der Waals surface area contributed by atoms with Crippen molar-refractivity contribution >= 4 is 29.3 Å². The van der Waals surface area contributed by atoms with Gasteiger partial charge < -0.3 is 9.47 Å². The highest BCUT2D eigenvalue weighted by Crippen LogP contribution is 2.15. The van der Waals surface area contributed by atoms with Crippen LogP contribution in [0.15, 0.2) is 24.3 Å². The Balaban J connectivity index is 2.19. The van der Waals surface area contributed by atoms with Crippen molar-refractivity contribution in [3.05, 3.63) is 34.9 Å². The maximum atomic E-state index is 11.2. The van der Waals surface area contributed by atoms with Crippen molar-refractivity contribution in [1.82, 2.24) is 0 Å².